The molecule has 4 rings (SSSR count). The smallest absolute Gasteiger partial charge is 0.258 e. The van der Waals surface area contributed by atoms with Gasteiger partial charge in [-0.1, -0.05) is 29.8 Å². The zero-order valence-electron chi connectivity index (χ0n) is 18.5. The molecule has 32 heavy (non-hydrogen) atoms. The molecular weight excluding hydrogens is 404 g/mol. The van der Waals surface area contributed by atoms with Crippen LogP contribution in [0.5, 0.6) is 11.5 Å². The first kappa shape index (κ1) is 21.4. The van der Waals surface area contributed by atoms with Crippen LogP contribution in [0, 0.1) is 6.92 Å². The Kier molecular flexibility index (Phi) is 6.12. The van der Waals surface area contributed by atoms with Gasteiger partial charge in [-0.25, -0.2) is 0 Å². The lowest BCUT2D eigenvalue weighted by Gasteiger charge is -2.18. The van der Waals surface area contributed by atoms with Gasteiger partial charge in [0.05, 0.1) is 14.2 Å². The van der Waals surface area contributed by atoms with Crippen LogP contribution in [0.2, 0.25) is 0 Å². The highest BCUT2D eigenvalue weighted by Crippen LogP contribution is 2.30. The topological polar surface area (TPSA) is 67.9 Å². The van der Waals surface area contributed by atoms with Gasteiger partial charge in [0.15, 0.2) is 0 Å². The van der Waals surface area contributed by atoms with Crippen LogP contribution in [0.4, 0.5) is 5.69 Å². The maximum atomic E-state index is 13.1. The summed E-state index contributed by atoms with van der Waals surface area (Å²) in [5.74, 6) is 0.877. The highest BCUT2D eigenvalue weighted by molar-refractivity contribution is 6.07. The summed E-state index contributed by atoms with van der Waals surface area (Å²) in [6, 6.07) is 18.7. The predicted octanol–water partition coefficient (Wildman–Crippen LogP) is 4.15. The third-order valence-electron chi connectivity index (χ3n) is 5.62. The lowest BCUT2D eigenvalue weighted by Crippen LogP contribution is -2.29. The third-order valence-corrected chi connectivity index (χ3v) is 5.62. The summed E-state index contributed by atoms with van der Waals surface area (Å²) in [4.78, 5) is 27.6. The van der Waals surface area contributed by atoms with Crippen molar-refractivity contribution in [1.82, 2.24) is 5.32 Å². The molecular formula is C26H26N2O4. The molecule has 1 N–H and O–H groups in total. The molecule has 0 atom stereocenters. The molecule has 0 saturated carbocycles. The SMILES string of the molecule is COc1cc(OC)cc(C(=O)NCc2ccc3c(c2)N(C(=O)c2cccc(C)c2)CC3)c1. The van der Waals surface area contributed by atoms with Crippen LogP contribution in [0.15, 0.2) is 60.7 Å². The van der Waals surface area contributed by atoms with Crippen LogP contribution in [-0.2, 0) is 13.0 Å². The predicted molar refractivity (Wildman–Crippen MR) is 124 cm³/mol. The van der Waals surface area contributed by atoms with Crippen molar-refractivity contribution < 1.29 is 19.1 Å². The Hall–Kier alpha value is -3.80. The minimum atomic E-state index is -0.226. The molecule has 0 aliphatic carbocycles. The van der Waals surface area contributed by atoms with Crippen molar-refractivity contribution in [3.63, 3.8) is 0 Å². The maximum absolute atomic E-state index is 13.1. The van der Waals surface area contributed by atoms with Gasteiger partial charge in [-0.2, -0.15) is 0 Å². The van der Waals surface area contributed by atoms with Crippen LogP contribution in [0.3, 0.4) is 0 Å². The van der Waals surface area contributed by atoms with Gasteiger partial charge in [-0.05, 0) is 54.8 Å². The molecule has 2 amide bonds. The molecule has 3 aromatic rings. The third kappa shape index (κ3) is 4.44. The molecule has 0 fully saturated rings. The number of nitrogens with zero attached hydrogens (tertiary/aromatic N) is 1. The number of ether oxygens (including phenoxy) is 2. The van der Waals surface area contributed by atoms with E-state index in [1.165, 1.54) is 0 Å². The standard InChI is InChI=1S/C26H26N2O4/c1-17-5-4-6-20(11-17)26(30)28-10-9-19-8-7-18(12-24(19)28)16-27-25(29)21-13-22(31-2)15-23(14-21)32-3/h4-8,11-15H,9-10,16H2,1-3H3,(H,27,29). The number of nitrogens with one attached hydrogen (secondary N) is 1. The lowest BCUT2D eigenvalue weighted by molar-refractivity contribution is 0.0948. The quantitative estimate of drug-likeness (QED) is 0.638. The number of benzene rings is 3. The molecule has 0 unspecified atom stereocenters. The Morgan fingerprint density at radius 3 is 2.38 bits per heavy atom. The van der Waals surface area contributed by atoms with E-state index in [1.54, 1.807) is 32.4 Å². The minimum absolute atomic E-state index is 0.00267. The normalized spacial score (nSPS) is 12.3. The van der Waals surface area contributed by atoms with Crippen molar-refractivity contribution in [3.05, 3.63) is 88.5 Å². The summed E-state index contributed by atoms with van der Waals surface area (Å²) in [5, 5.41) is 2.94. The second-order valence-corrected chi connectivity index (χ2v) is 7.82. The fourth-order valence-corrected chi connectivity index (χ4v) is 3.90. The highest BCUT2D eigenvalue weighted by Gasteiger charge is 2.26. The monoisotopic (exact) mass is 430 g/mol. The summed E-state index contributed by atoms with van der Waals surface area (Å²) in [7, 11) is 3.09. The number of amides is 2. The van der Waals surface area contributed by atoms with E-state index in [9.17, 15) is 9.59 Å². The number of rotatable bonds is 6. The molecule has 1 aliphatic heterocycles. The van der Waals surface area contributed by atoms with Gasteiger partial charge in [0.2, 0.25) is 0 Å². The molecule has 0 aromatic heterocycles. The first-order valence-electron chi connectivity index (χ1n) is 10.5. The Bertz CT molecular complexity index is 1150. The zero-order chi connectivity index (χ0) is 22.7. The van der Waals surface area contributed by atoms with E-state index in [4.69, 9.17) is 9.47 Å². The molecule has 0 bridgehead atoms. The number of hydrogen-bond acceptors (Lipinski definition) is 4. The molecule has 6 nitrogen and oxygen atoms in total. The second-order valence-electron chi connectivity index (χ2n) is 7.82. The number of methoxy groups -OCH3 is 2. The molecule has 6 heteroatoms. The van der Waals surface area contributed by atoms with Gasteiger partial charge in [0.25, 0.3) is 11.8 Å². The second kappa shape index (κ2) is 9.14. The van der Waals surface area contributed by atoms with E-state index in [-0.39, 0.29) is 11.8 Å². The van der Waals surface area contributed by atoms with E-state index in [1.807, 2.05) is 54.3 Å². The summed E-state index contributed by atoms with van der Waals surface area (Å²) < 4.78 is 10.5. The summed E-state index contributed by atoms with van der Waals surface area (Å²) in [6.45, 7) is 2.98. The maximum Gasteiger partial charge on any atom is 0.258 e. The van der Waals surface area contributed by atoms with Crippen molar-refractivity contribution >= 4 is 17.5 Å². The molecule has 164 valence electrons. The largest absolute Gasteiger partial charge is 0.497 e. The minimum Gasteiger partial charge on any atom is -0.497 e. The number of hydrogen-bond donors (Lipinski definition) is 1. The van der Waals surface area contributed by atoms with Gasteiger partial charge >= 0.3 is 0 Å². The first-order valence-corrected chi connectivity index (χ1v) is 10.5. The number of aryl methyl sites for hydroxylation is 1. The Morgan fingerprint density at radius 2 is 1.69 bits per heavy atom. The van der Waals surface area contributed by atoms with Crippen LogP contribution in [0.1, 0.15) is 37.4 Å². The van der Waals surface area contributed by atoms with Crippen LogP contribution in [-0.4, -0.2) is 32.6 Å². The summed E-state index contributed by atoms with van der Waals surface area (Å²) in [5.41, 5.74) is 5.17. The Morgan fingerprint density at radius 1 is 0.938 bits per heavy atom. The molecule has 1 heterocycles. The van der Waals surface area contributed by atoms with Crippen molar-refractivity contribution in [2.24, 2.45) is 0 Å². The molecule has 3 aromatic carbocycles. The van der Waals surface area contributed by atoms with Gasteiger partial charge in [0.1, 0.15) is 11.5 Å². The Labute approximate surface area is 187 Å². The fraction of sp³-hybridized carbons (Fsp3) is 0.231. The average Bonchev–Trinajstić information content (AvgIpc) is 3.24. The zero-order valence-corrected chi connectivity index (χ0v) is 18.5. The van der Waals surface area contributed by atoms with Crippen molar-refractivity contribution in [2.45, 2.75) is 19.9 Å². The van der Waals surface area contributed by atoms with Crippen molar-refractivity contribution in [3.8, 4) is 11.5 Å². The van der Waals surface area contributed by atoms with Gasteiger partial charge in [0, 0.05) is 36.0 Å². The fourth-order valence-electron chi connectivity index (χ4n) is 3.90. The van der Waals surface area contributed by atoms with Crippen LogP contribution >= 0.6 is 0 Å². The number of carbonyl (C=O) groups excluding carboxylic acids is 2. The molecule has 0 radical (unpaired) electrons. The van der Waals surface area contributed by atoms with E-state index in [0.717, 1.165) is 28.8 Å². The van der Waals surface area contributed by atoms with Gasteiger partial charge in [-0.3, -0.25) is 9.59 Å². The first-order chi connectivity index (χ1) is 15.5. The van der Waals surface area contributed by atoms with Gasteiger partial charge in [-0.15, -0.1) is 0 Å². The lowest BCUT2D eigenvalue weighted by atomic mass is 10.1. The van der Waals surface area contributed by atoms with Crippen molar-refractivity contribution in [1.29, 1.82) is 0 Å². The van der Waals surface area contributed by atoms with E-state index >= 15 is 0 Å². The van der Waals surface area contributed by atoms with E-state index in [0.29, 0.717) is 35.7 Å². The van der Waals surface area contributed by atoms with E-state index < -0.39 is 0 Å². The number of anilines is 1. The van der Waals surface area contributed by atoms with Crippen LogP contribution in [0.25, 0.3) is 0 Å². The van der Waals surface area contributed by atoms with Crippen LogP contribution < -0.4 is 19.7 Å². The molecule has 0 saturated heterocycles. The average molecular weight is 431 g/mol. The van der Waals surface area contributed by atoms with E-state index in [2.05, 4.69) is 5.32 Å². The number of carbonyl (C=O) groups is 2. The summed E-state index contributed by atoms with van der Waals surface area (Å²) >= 11 is 0. The number of fused-ring (bicyclic) bond motifs is 1. The molecule has 0 spiro atoms. The molecule has 1 aliphatic rings. The Balaban J connectivity index is 1.49. The van der Waals surface area contributed by atoms with Gasteiger partial charge < -0.3 is 19.7 Å². The summed E-state index contributed by atoms with van der Waals surface area (Å²) in [6.07, 6.45) is 0.823. The van der Waals surface area contributed by atoms with Crippen molar-refractivity contribution in [2.75, 3.05) is 25.7 Å². The highest BCUT2D eigenvalue weighted by atomic mass is 16.5.